The van der Waals surface area contributed by atoms with Gasteiger partial charge in [0.15, 0.2) is 5.65 Å². The van der Waals surface area contributed by atoms with E-state index in [1.54, 1.807) is 9.58 Å². The first-order valence-electron chi connectivity index (χ1n) is 8.33. The molecular formula is C18H21N5O2. The summed E-state index contributed by atoms with van der Waals surface area (Å²) >= 11 is 0. The van der Waals surface area contributed by atoms with Crippen LogP contribution in [-0.4, -0.2) is 43.2 Å². The summed E-state index contributed by atoms with van der Waals surface area (Å²) in [4.78, 5) is 31.0. The molecule has 3 rings (SSSR count). The molecular weight excluding hydrogens is 318 g/mol. The predicted molar refractivity (Wildman–Crippen MR) is 95.8 cm³/mol. The van der Waals surface area contributed by atoms with Gasteiger partial charge in [0.25, 0.3) is 5.56 Å². The number of carbonyl (C=O) groups excluding carboxylic acids is 1. The quantitative estimate of drug-likeness (QED) is 0.710. The van der Waals surface area contributed by atoms with Crippen molar-refractivity contribution in [1.82, 2.24) is 24.2 Å². The Kier molecular flexibility index (Phi) is 4.65. The molecule has 25 heavy (non-hydrogen) atoms. The van der Waals surface area contributed by atoms with Crippen molar-refractivity contribution in [3.63, 3.8) is 0 Å². The Hall–Kier alpha value is -2.96. The van der Waals surface area contributed by atoms with Crippen LogP contribution >= 0.6 is 0 Å². The fraction of sp³-hybridized carbons (Fsp3) is 0.333. The van der Waals surface area contributed by atoms with Crippen molar-refractivity contribution < 1.29 is 4.79 Å². The molecule has 0 radical (unpaired) electrons. The predicted octanol–water partition coefficient (Wildman–Crippen LogP) is 1.76. The number of para-hydroxylation sites is 1. The second-order valence-corrected chi connectivity index (χ2v) is 5.82. The van der Waals surface area contributed by atoms with Gasteiger partial charge in [-0.15, -0.1) is 0 Å². The molecule has 0 spiro atoms. The molecule has 0 unspecified atom stereocenters. The van der Waals surface area contributed by atoms with E-state index in [0.717, 1.165) is 11.3 Å². The molecule has 3 aromatic rings. The smallest absolute Gasteiger partial charge is 0.264 e. The van der Waals surface area contributed by atoms with Gasteiger partial charge in [0.2, 0.25) is 5.91 Å². The first-order valence-corrected chi connectivity index (χ1v) is 8.33. The van der Waals surface area contributed by atoms with Crippen molar-refractivity contribution in [2.75, 3.05) is 13.1 Å². The second-order valence-electron chi connectivity index (χ2n) is 5.82. The molecule has 2 heterocycles. The van der Waals surface area contributed by atoms with Crippen LogP contribution in [0.4, 0.5) is 0 Å². The summed E-state index contributed by atoms with van der Waals surface area (Å²) in [5.41, 5.74) is 2.15. The topological polar surface area (TPSA) is 73.0 Å². The molecule has 0 bridgehead atoms. The first kappa shape index (κ1) is 16.9. The zero-order valence-corrected chi connectivity index (χ0v) is 14.6. The lowest BCUT2D eigenvalue weighted by Gasteiger charge is -2.18. The Labute approximate surface area is 145 Å². The van der Waals surface area contributed by atoms with E-state index in [9.17, 15) is 9.59 Å². The van der Waals surface area contributed by atoms with Gasteiger partial charge in [0.1, 0.15) is 18.3 Å². The summed E-state index contributed by atoms with van der Waals surface area (Å²) in [5.74, 6) is -0.0976. The van der Waals surface area contributed by atoms with Gasteiger partial charge in [-0.3, -0.25) is 14.2 Å². The summed E-state index contributed by atoms with van der Waals surface area (Å²) < 4.78 is 3.00. The van der Waals surface area contributed by atoms with Gasteiger partial charge in [0.05, 0.1) is 11.9 Å². The van der Waals surface area contributed by atoms with E-state index in [2.05, 4.69) is 10.1 Å². The molecule has 0 aliphatic carbocycles. The van der Waals surface area contributed by atoms with Crippen LogP contribution < -0.4 is 5.56 Å². The van der Waals surface area contributed by atoms with E-state index in [-0.39, 0.29) is 18.0 Å². The number of likely N-dealkylation sites (N-methyl/N-ethyl adjacent to an activating group) is 1. The summed E-state index contributed by atoms with van der Waals surface area (Å²) in [6.45, 7) is 7.03. The number of rotatable bonds is 5. The molecule has 1 aromatic carbocycles. The third-order valence-corrected chi connectivity index (χ3v) is 4.32. The minimum Gasteiger partial charge on any atom is -0.342 e. The third kappa shape index (κ3) is 3.05. The van der Waals surface area contributed by atoms with Crippen LogP contribution in [0.1, 0.15) is 19.4 Å². The van der Waals surface area contributed by atoms with Gasteiger partial charge in [-0.25, -0.2) is 9.67 Å². The highest BCUT2D eigenvalue weighted by molar-refractivity contribution is 5.78. The van der Waals surface area contributed by atoms with Crippen LogP contribution in [0.25, 0.3) is 16.7 Å². The summed E-state index contributed by atoms with van der Waals surface area (Å²) in [6.07, 6.45) is 2.93. The molecule has 0 saturated heterocycles. The van der Waals surface area contributed by atoms with Crippen molar-refractivity contribution in [2.45, 2.75) is 27.3 Å². The first-order chi connectivity index (χ1) is 12.1. The zero-order valence-electron chi connectivity index (χ0n) is 14.6. The van der Waals surface area contributed by atoms with Crippen molar-refractivity contribution >= 4 is 16.9 Å². The number of benzene rings is 1. The maximum Gasteiger partial charge on any atom is 0.264 e. The van der Waals surface area contributed by atoms with E-state index in [1.165, 1.54) is 17.1 Å². The molecule has 0 atom stereocenters. The lowest BCUT2D eigenvalue weighted by atomic mass is 10.2. The standard InChI is InChI=1S/C18H21N5O2/c1-4-21(5-2)16(24)11-22-12-19-17-14(18(22)25)10-20-23(17)15-9-7-6-8-13(15)3/h6-10,12H,4-5,11H2,1-3H3. The van der Waals surface area contributed by atoms with E-state index in [1.807, 2.05) is 45.0 Å². The number of aromatic nitrogens is 4. The molecule has 2 aromatic heterocycles. The van der Waals surface area contributed by atoms with Crippen LogP contribution in [0.15, 0.2) is 41.6 Å². The van der Waals surface area contributed by atoms with Crippen LogP contribution in [0.5, 0.6) is 0 Å². The average Bonchev–Trinajstić information content (AvgIpc) is 3.03. The highest BCUT2D eigenvalue weighted by atomic mass is 16.2. The molecule has 7 nitrogen and oxygen atoms in total. The Morgan fingerprint density at radius 2 is 1.92 bits per heavy atom. The van der Waals surface area contributed by atoms with E-state index >= 15 is 0 Å². The number of hydrogen-bond acceptors (Lipinski definition) is 4. The zero-order chi connectivity index (χ0) is 18.0. The highest BCUT2D eigenvalue weighted by Gasteiger charge is 2.15. The average molecular weight is 339 g/mol. The second kappa shape index (κ2) is 6.88. The van der Waals surface area contributed by atoms with Crippen LogP contribution in [0.2, 0.25) is 0 Å². The lowest BCUT2D eigenvalue weighted by molar-refractivity contribution is -0.131. The minimum absolute atomic E-state index is 0.0149. The summed E-state index contributed by atoms with van der Waals surface area (Å²) in [5, 5.41) is 4.72. The van der Waals surface area contributed by atoms with Gasteiger partial charge in [-0.1, -0.05) is 18.2 Å². The Morgan fingerprint density at radius 1 is 1.20 bits per heavy atom. The molecule has 130 valence electrons. The number of hydrogen-bond donors (Lipinski definition) is 0. The maximum absolute atomic E-state index is 12.7. The highest BCUT2D eigenvalue weighted by Crippen LogP contribution is 2.16. The molecule has 0 N–H and O–H groups in total. The molecule has 0 aliphatic heterocycles. The molecule has 0 fully saturated rings. The fourth-order valence-electron chi connectivity index (χ4n) is 2.86. The van der Waals surface area contributed by atoms with Crippen molar-refractivity contribution in [2.24, 2.45) is 0 Å². The van der Waals surface area contributed by atoms with E-state index in [4.69, 9.17) is 0 Å². The molecule has 0 saturated carbocycles. The normalized spacial score (nSPS) is 11.0. The molecule has 0 aliphatic rings. The van der Waals surface area contributed by atoms with Gasteiger partial charge in [-0.05, 0) is 32.4 Å². The van der Waals surface area contributed by atoms with Gasteiger partial charge in [0, 0.05) is 13.1 Å². The SMILES string of the molecule is CCN(CC)C(=O)Cn1cnc2c(cnn2-c2ccccc2C)c1=O. The van der Waals surface area contributed by atoms with E-state index < -0.39 is 0 Å². The van der Waals surface area contributed by atoms with Crippen molar-refractivity contribution in [1.29, 1.82) is 0 Å². The van der Waals surface area contributed by atoms with Crippen molar-refractivity contribution in [3.8, 4) is 5.69 Å². The fourth-order valence-corrected chi connectivity index (χ4v) is 2.86. The van der Waals surface area contributed by atoms with Crippen LogP contribution in [0.3, 0.4) is 0 Å². The summed E-state index contributed by atoms with van der Waals surface area (Å²) in [7, 11) is 0. The largest absolute Gasteiger partial charge is 0.342 e. The molecule has 7 heteroatoms. The van der Waals surface area contributed by atoms with Gasteiger partial charge in [-0.2, -0.15) is 5.10 Å². The number of aryl methyl sites for hydroxylation is 1. The number of nitrogens with zero attached hydrogens (tertiary/aromatic N) is 5. The Balaban J connectivity index is 2.02. The Bertz CT molecular complexity index is 969. The minimum atomic E-state index is -0.259. The van der Waals surface area contributed by atoms with Crippen LogP contribution in [-0.2, 0) is 11.3 Å². The lowest BCUT2D eigenvalue weighted by Crippen LogP contribution is -2.36. The van der Waals surface area contributed by atoms with E-state index in [0.29, 0.717) is 24.1 Å². The monoisotopic (exact) mass is 339 g/mol. The molecule has 1 amide bonds. The van der Waals surface area contributed by atoms with Gasteiger partial charge < -0.3 is 4.90 Å². The number of carbonyl (C=O) groups is 1. The summed E-state index contributed by atoms with van der Waals surface area (Å²) in [6, 6.07) is 7.77. The maximum atomic E-state index is 12.7. The van der Waals surface area contributed by atoms with Gasteiger partial charge >= 0.3 is 0 Å². The van der Waals surface area contributed by atoms with Crippen LogP contribution in [0, 0.1) is 6.92 Å². The number of amides is 1. The third-order valence-electron chi connectivity index (χ3n) is 4.32. The van der Waals surface area contributed by atoms with Crippen molar-refractivity contribution in [3.05, 3.63) is 52.7 Å². The number of fused-ring (bicyclic) bond motifs is 1. The Morgan fingerprint density at radius 3 is 2.60 bits per heavy atom.